The summed E-state index contributed by atoms with van der Waals surface area (Å²) in [5.41, 5.74) is 1.14. The number of piperidine rings is 1. The summed E-state index contributed by atoms with van der Waals surface area (Å²) in [5.74, 6) is 3.16. The van der Waals surface area contributed by atoms with E-state index in [4.69, 9.17) is 9.47 Å². The number of hydrogen-bond acceptors (Lipinski definition) is 5. The molecule has 0 radical (unpaired) electrons. The zero-order valence-corrected chi connectivity index (χ0v) is 19.7. The lowest BCUT2D eigenvalue weighted by molar-refractivity contribution is -0.147. The van der Waals surface area contributed by atoms with Crippen molar-refractivity contribution in [2.24, 2.45) is 11.8 Å². The number of methoxy groups -OCH3 is 2. The van der Waals surface area contributed by atoms with Crippen LogP contribution in [0.4, 0.5) is 0 Å². The van der Waals surface area contributed by atoms with Crippen LogP contribution in [0, 0.1) is 11.8 Å². The van der Waals surface area contributed by atoms with Gasteiger partial charge in [-0.2, -0.15) is 0 Å². The number of carbonyl (C=O) groups excluding carboxylic acids is 1. The fourth-order valence-corrected chi connectivity index (χ4v) is 6.26. The molecular weight excluding hydrogens is 402 g/mol. The van der Waals surface area contributed by atoms with E-state index >= 15 is 0 Å². The quantitative estimate of drug-likeness (QED) is 0.670. The third-order valence-electron chi connectivity index (χ3n) is 8.26. The molecule has 2 saturated carbocycles. The highest BCUT2D eigenvalue weighted by Gasteiger charge is 2.47. The lowest BCUT2D eigenvalue weighted by Gasteiger charge is -2.49. The number of amides is 1. The number of carbonyl (C=O) groups is 1. The Labute approximate surface area is 192 Å². The molecule has 4 aliphatic rings. The van der Waals surface area contributed by atoms with E-state index in [1.165, 1.54) is 44.9 Å². The number of nitrogens with zero attached hydrogens (tertiary/aromatic N) is 2. The van der Waals surface area contributed by atoms with Crippen molar-refractivity contribution in [1.82, 2.24) is 15.1 Å². The molecule has 2 heterocycles. The first-order valence-electron chi connectivity index (χ1n) is 12.7. The van der Waals surface area contributed by atoms with E-state index in [1.807, 2.05) is 12.1 Å². The molecule has 0 spiro atoms. The topological polar surface area (TPSA) is 54.0 Å². The molecule has 2 saturated heterocycles. The molecule has 3 atom stereocenters. The summed E-state index contributed by atoms with van der Waals surface area (Å²) in [7, 11) is 3.40. The van der Waals surface area contributed by atoms with Crippen LogP contribution in [0.25, 0.3) is 0 Å². The van der Waals surface area contributed by atoms with E-state index in [9.17, 15) is 4.79 Å². The number of ether oxygens (including phenoxy) is 2. The third-order valence-corrected chi connectivity index (χ3v) is 8.26. The summed E-state index contributed by atoms with van der Waals surface area (Å²) >= 11 is 0. The van der Waals surface area contributed by atoms with Gasteiger partial charge in [-0.1, -0.05) is 18.9 Å². The maximum Gasteiger partial charge on any atom is 0.240 e. The van der Waals surface area contributed by atoms with Crippen molar-refractivity contribution >= 4 is 5.91 Å². The minimum atomic E-state index is -0.0313. The van der Waals surface area contributed by atoms with E-state index in [0.717, 1.165) is 55.6 Å². The van der Waals surface area contributed by atoms with Crippen molar-refractivity contribution in [3.05, 3.63) is 23.8 Å². The molecule has 1 aromatic rings. The van der Waals surface area contributed by atoms with Gasteiger partial charge in [0.05, 0.1) is 20.3 Å². The molecule has 6 heteroatoms. The molecule has 176 valence electrons. The van der Waals surface area contributed by atoms with Gasteiger partial charge in [0.2, 0.25) is 5.91 Å². The normalized spacial score (nSPS) is 26.9. The summed E-state index contributed by atoms with van der Waals surface area (Å²) in [5, 5.41) is 3.43. The molecule has 4 fully saturated rings. The Hall–Kier alpha value is -1.79. The molecule has 1 amide bonds. The second kappa shape index (κ2) is 9.60. The highest BCUT2D eigenvalue weighted by Crippen LogP contribution is 2.39. The number of likely N-dealkylation sites (tertiary alicyclic amines) is 1. The molecule has 2 aliphatic heterocycles. The second-order valence-corrected chi connectivity index (χ2v) is 10.2. The average Bonchev–Trinajstić information content (AvgIpc) is 3.64. The number of rotatable bonds is 8. The number of hydrogen-bond donors (Lipinski definition) is 1. The largest absolute Gasteiger partial charge is 0.497 e. The van der Waals surface area contributed by atoms with E-state index in [0.29, 0.717) is 23.9 Å². The third kappa shape index (κ3) is 4.36. The fraction of sp³-hybridized carbons (Fsp3) is 0.731. The SMILES string of the molecule is COc1ccc(CN(C2CC2)C(C(=O)N2CCCC3CCCCC32)C2CNC2)c(OC)c1. The number of benzene rings is 1. The van der Waals surface area contributed by atoms with Gasteiger partial charge in [0.1, 0.15) is 11.5 Å². The van der Waals surface area contributed by atoms with Gasteiger partial charge in [-0.15, -0.1) is 0 Å². The van der Waals surface area contributed by atoms with Crippen LogP contribution in [0.2, 0.25) is 0 Å². The predicted octanol–water partition coefficient (Wildman–Crippen LogP) is 3.44. The van der Waals surface area contributed by atoms with Crippen LogP contribution >= 0.6 is 0 Å². The Morgan fingerprint density at radius 1 is 1.09 bits per heavy atom. The Balaban J connectivity index is 1.41. The Morgan fingerprint density at radius 3 is 2.56 bits per heavy atom. The van der Waals surface area contributed by atoms with Crippen molar-refractivity contribution in [3.8, 4) is 11.5 Å². The molecule has 5 rings (SSSR count). The maximum absolute atomic E-state index is 14.2. The zero-order chi connectivity index (χ0) is 22.1. The van der Waals surface area contributed by atoms with Crippen LogP contribution in [0.1, 0.15) is 56.9 Å². The highest BCUT2D eigenvalue weighted by atomic mass is 16.5. The zero-order valence-electron chi connectivity index (χ0n) is 19.7. The second-order valence-electron chi connectivity index (χ2n) is 10.2. The number of fused-ring (bicyclic) bond motifs is 1. The van der Waals surface area contributed by atoms with Crippen LogP contribution in [0.5, 0.6) is 11.5 Å². The van der Waals surface area contributed by atoms with Gasteiger partial charge in [0.25, 0.3) is 0 Å². The minimum absolute atomic E-state index is 0.0313. The van der Waals surface area contributed by atoms with Gasteiger partial charge in [0, 0.05) is 55.8 Å². The van der Waals surface area contributed by atoms with Crippen molar-refractivity contribution in [1.29, 1.82) is 0 Å². The van der Waals surface area contributed by atoms with E-state index in [-0.39, 0.29) is 6.04 Å². The molecule has 0 aromatic heterocycles. The highest BCUT2D eigenvalue weighted by molar-refractivity contribution is 5.83. The Bertz CT molecular complexity index is 806. The van der Waals surface area contributed by atoms with Gasteiger partial charge in [-0.05, 0) is 50.5 Å². The summed E-state index contributed by atoms with van der Waals surface area (Å²) in [6, 6.07) is 7.00. The lowest BCUT2D eigenvalue weighted by Crippen LogP contribution is -2.63. The van der Waals surface area contributed by atoms with Gasteiger partial charge in [-0.25, -0.2) is 0 Å². The maximum atomic E-state index is 14.2. The van der Waals surface area contributed by atoms with Crippen molar-refractivity contribution in [3.63, 3.8) is 0 Å². The van der Waals surface area contributed by atoms with Gasteiger partial charge in [-0.3, -0.25) is 9.69 Å². The van der Waals surface area contributed by atoms with Crippen LogP contribution in [-0.4, -0.2) is 67.7 Å². The molecule has 6 nitrogen and oxygen atoms in total. The van der Waals surface area contributed by atoms with E-state index in [1.54, 1.807) is 14.2 Å². The monoisotopic (exact) mass is 441 g/mol. The smallest absolute Gasteiger partial charge is 0.240 e. The van der Waals surface area contributed by atoms with Crippen molar-refractivity contribution in [2.75, 3.05) is 33.9 Å². The minimum Gasteiger partial charge on any atom is -0.497 e. The summed E-state index contributed by atoms with van der Waals surface area (Å²) in [4.78, 5) is 19.0. The van der Waals surface area contributed by atoms with E-state index < -0.39 is 0 Å². The molecule has 3 unspecified atom stereocenters. The summed E-state index contributed by atoms with van der Waals surface area (Å²) in [6.07, 6.45) is 9.96. The van der Waals surface area contributed by atoms with Crippen molar-refractivity contribution < 1.29 is 14.3 Å². The fourth-order valence-electron chi connectivity index (χ4n) is 6.26. The predicted molar refractivity (Wildman–Crippen MR) is 125 cm³/mol. The molecule has 1 N–H and O–H groups in total. The Kier molecular flexibility index (Phi) is 6.61. The first-order valence-corrected chi connectivity index (χ1v) is 12.7. The Morgan fingerprint density at radius 2 is 1.88 bits per heavy atom. The average molecular weight is 442 g/mol. The van der Waals surface area contributed by atoms with Crippen LogP contribution in [0.3, 0.4) is 0 Å². The summed E-state index contributed by atoms with van der Waals surface area (Å²) in [6.45, 7) is 3.59. The molecule has 0 bridgehead atoms. The molecule has 1 aromatic carbocycles. The first-order chi connectivity index (χ1) is 15.7. The van der Waals surface area contributed by atoms with Crippen LogP contribution in [0.15, 0.2) is 18.2 Å². The van der Waals surface area contributed by atoms with Gasteiger partial charge < -0.3 is 19.7 Å². The van der Waals surface area contributed by atoms with Gasteiger partial charge >= 0.3 is 0 Å². The van der Waals surface area contributed by atoms with Crippen LogP contribution in [-0.2, 0) is 11.3 Å². The number of nitrogens with one attached hydrogen (secondary N) is 1. The first kappa shape index (κ1) is 22.0. The lowest BCUT2D eigenvalue weighted by atomic mass is 9.77. The molecular formula is C26H39N3O3. The molecule has 32 heavy (non-hydrogen) atoms. The van der Waals surface area contributed by atoms with Gasteiger partial charge in [0.15, 0.2) is 0 Å². The van der Waals surface area contributed by atoms with E-state index in [2.05, 4.69) is 21.2 Å². The van der Waals surface area contributed by atoms with Crippen molar-refractivity contribution in [2.45, 2.75) is 76.0 Å². The molecule has 2 aliphatic carbocycles. The summed E-state index contributed by atoms with van der Waals surface area (Å²) < 4.78 is 11.1. The van der Waals surface area contributed by atoms with Crippen LogP contribution < -0.4 is 14.8 Å². The standard InChI is InChI=1S/C26H39N3O3/c1-31-22-12-9-19(24(14-22)32-2)17-29(21-10-11-21)25(20-15-27-16-20)26(30)28-13-5-7-18-6-3-4-8-23(18)28/h9,12,14,18,20-21,23,25,27H,3-8,10-11,13,15-17H2,1-2H3.